The third-order valence-electron chi connectivity index (χ3n) is 9.91. The molecule has 38 heavy (non-hydrogen) atoms. The highest BCUT2D eigenvalue weighted by atomic mass is 79.9. The Kier molecular flexibility index (Phi) is 6.42. The fraction of sp³-hybridized carbons (Fsp3) is 0.613. The summed E-state index contributed by atoms with van der Waals surface area (Å²) in [6.07, 6.45) is 8.96. The summed E-state index contributed by atoms with van der Waals surface area (Å²) in [6, 6.07) is 8.57. The van der Waals surface area contributed by atoms with E-state index in [-0.39, 0.29) is 17.8 Å². The number of aliphatic hydroxyl groups excluding tert-OH is 1. The number of benzene rings is 1. The summed E-state index contributed by atoms with van der Waals surface area (Å²) in [6.45, 7) is 6.67. The van der Waals surface area contributed by atoms with Gasteiger partial charge in [0, 0.05) is 46.4 Å². The first-order valence-electron chi connectivity index (χ1n) is 14.1. The second-order valence-electron chi connectivity index (χ2n) is 12.6. The number of ketones is 1. The molecule has 7 rings (SSSR count). The van der Waals surface area contributed by atoms with Crippen LogP contribution in [0.2, 0.25) is 0 Å². The zero-order valence-electron chi connectivity index (χ0n) is 22.5. The minimum absolute atomic E-state index is 0.0853. The quantitative estimate of drug-likeness (QED) is 0.406. The number of aliphatic hydroxyl groups is 1. The summed E-state index contributed by atoms with van der Waals surface area (Å²) in [7, 11) is 0. The van der Waals surface area contributed by atoms with Gasteiger partial charge in [-0.2, -0.15) is 5.26 Å². The molecule has 3 fully saturated rings. The molecule has 6 nitrogen and oxygen atoms in total. The van der Waals surface area contributed by atoms with Crippen molar-refractivity contribution in [1.82, 2.24) is 4.98 Å². The molecule has 5 aliphatic rings. The predicted octanol–water partition coefficient (Wildman–Crippen LogP) is 6.47. The molecule has 2 aliphatic heterocycles. The van der Waals surface area contributed by atoms with Crippen molar-refractivity contribution in [3.05, 3.63) is 45.6 Å². The van der Waals surface area contributed by atoms with E-state index < -0.39 is 17.5 Å². The number of nitriles is 1. The highest BCUT2D eigenvalue weighted by Crippen LogP contribution is 2.68. The molecule has 2 aromatic rings. The Morgan fingerprint density at radius 2 is 2.03 bits per heavy atom. The van der Waals surface area contributed by atoms with Gasteiger partial charge in [0.15, 0.2) is 17.7 Å². The van der Waals surface area contributed by atoms with Crippen molar-refractivity contribution < 1.29 is 19.4 Å². The topological polar surface area (TPSA) is 95.3 Å². The van der Waals surface area contributed by atoms with E-state index in [1.54, 1.807) is 0 Å². The van der Waals surface area contributed by atoms with Crippen LogP contribution in [0.4, 0.5) is 0 Å². The van der Waals surface area contributed by atoms with Gasteiger partial charge < -0.3 is 19.6 Å². The molecule has 0 amide bonds. The van der Waals surface area contributed by atoms with Crippen molar-refractivity contribution in [2.75, 3.05) is 6.61 Å². The van der Waals surface area contributed by atoms with Crippen molar-refractivity contribution >= 4 is 32.6 Å². The molecule has 2 bridgehead atoms. The average molecular weight is 582 g/mol. The van der Waals surface area contributed by atoms with E-state index in [1.807, 2.05) is 26.0 Å². The van der Waals surface area contributed by atoms with Crippen LogP contribution >= 0.6 is 15.9 Å². The Labute approximate surface area is 232 Å². The number of unbranched alkanes of at least 4 members (excludes halogenated alkanes) is 2. The van der Waals surface area contributed by atoms with Gasteiger partial charge in [0.1, 0.15) is 5.60 Å². The van der Waals surface area contributed by atoms with Gasteiger partial charge in [-0.25, -0.2) is 0 Å². The van der Waals surface area contributed by atoms with Gasteiger partial charge in [0.25, 0.3) is 0 Å². The number of H-pyrrole nitrogens is 1. The Bertz CT molecular complexity index is 1360. The SMILES string of the molecule is CC1(C)OC23CCC4(C)C(CCC5Cc6c([nH]c7ccc(Br)cc67)C54)C2=CC(=O)C1O3.N#CCCCCO. The zero-order valence-corrected chi connectivity index (χ0v) is 24.1. The molecular formula is C31H37BrN2O4. The summed E-state index contributed by atoms with van der Waals surface area (Å²) in [5, 5.41) is 17.5. The number of aromatic amines is 1. The van der Waals surface area contributed by atoms with Crippen LogP contribution in [-0.4, -0.2) is 40.0 Å². The van der Waals surface area contributed by atoms with Crippen LogP contribution in [0, 0.1) is 28.6 Å². The van der Waals surface area contributed by atoms with Crippen molar-refractivity contribution in [3.63, 3.8) is 0 Å². The number of carbonyl (C=O) groups is 1. The second-order valence-corrected chi connectivity index (χ2v) is 13.5. The highest BCUT2D eigenvalue weighted by Gasteiger charge is 2.66. The lowest BCUT2D eigenvalue weighted by Crippen LogP contribution is -2.54. The summed E-state index contributed by atoms with van der Waals surface area (Å²) < 4.78 is 14.1. The summed E-state index contributed by atoms with van der Waals surface area (Å²) >= 11 is 3.66. The summed E-state index contributed by atoms with van der Waals surface area (Å²) in [5.74, 6) is 0.890. The van der Waals surface area contributed by atoms with Gasteiger partial charge in [-0.05, 0) is 105 Å². The molecule has 6 unspecified atom stereocenters. The maximum atomic E-state index is 13.0. The Hall–Kier alpha value is -1.98. The maximum absolute atomic E-state index is 13.0. The van der Waals surface area contributed by atoms with Gasteiger partial charge in [0.2, 0.25) is 0 Å². The number of hydrogen-bond donors (Lipinski definition) is 2. The van der Waals surface area contributed by atoms with Crippen molar-refractivity contribution in [3.8, 4) is 6.07 Å². The van der Waals surface area contributed by atoms with E-state index in [0.717, 1.165) is 48.6 Å². The first-order valence-corrected chi connectivity index (χ1v) is 14.8. The van der Waals surface area contributed by atoms with Crippen LogP contribution in [0.3, 0.4) is 0 Å². The van der Waals surface area contributed by atoms with Crippen molar-refractivity contribution in [2.24, 2.45) is 17.3 Å². The van der Waals surface area contributed by atoms with Crippen LogP contribution in [0.15, 0.2) is 34.3 Å². The molecule has 2 N–H and O–H groups in total. The first kappa shape index (κ1) is 26.3. The van der Waals surface area contributed by atoms with E-state index in [0.29, 0.717) is 24.2 Å². The Morgan fingerprint density at radius 3 is 2.79 bits per heavy atom. The number of hydrogen-bond acceptors (Lipinski definition) is 5. The molecule has 6 atom stereocenters. The summed E-state index contributed by atoms with van der Waals surface area (Å²) in [5.41, 5.74) is 4.86. The van der Waals surface area contributed by atoms with Gasteiger partial charge in [-0.3, -0.25) is 4.79 Å². The lowest BCUT2D eigenvalue weighted by Gasteiger charge is -2.57. The predicted molar refractivity (Wildman–Crippen MR) is 148 cm³/mol. The number of fused-ring (bicyclic) bond motifs is 9. The number of aromatic nitrogens is 1. The number of nitrogens with zero attached hydrogens (tertiary/aromatic N) is 1. The molecular weight excluding hydrogens is 544 g/mol. The second kappa shape index (κ2) is 9.30. The average Bonchev–Trinajstić information content (AvgIpc) is 3.48. The van der Waals surface area contributed by atoms with E-state index in [9.17, 15) is 4.79 Å². The number of nitrogens with one attached hydrogen (secondary N) is 1. The molecule has 3 aliphatic carbocycles. The van der Waals surface area contributed by atoms with E-state index in [2.05, 4.69) is 46.0 Å². The largest absolute Gasteiger partial charge is 0.396 e. The van der Waals surface area contributed by atoms with Crippen LogP contribution < -0.4 is 0 Å². The molecule has 1 spiro atoms. The molecule has 7 heteroatoms. The third-order valence-corrected chi connectivity index (χ3v) is 10.4. The molecule has 1 saturated heterocycles. The first-order chi connectivity index (χ1) is 18.1. The van der Waals surface area contributed by atoms with Crippen LogP contribution in [0.25, 0.3) is 10.9 Å². The highest BCUT2D eigenvalue weighted by molar-refractivity contribution is 9.10. The maximum Gasteiger partial charge on any atom is 0.193 e. The normalized spacial score (nSPS) is 35.8. The lowest BCUT2D eigenvalue weighted by atomic mass is 9.50. The zero-order chi connectivity index (χ0) is 26.9. The van der Waals surface area contributed by atoms with Gasteiger partial charge in [-0.1, -0.05) is 22.9 Å². The number of carbonyl (C=O) groups excluding carboxylic acids is 1. The fourth-order valence-corrected chi connectivity index (χ4v) is 8.68. The molecule has 0 radical (unpaired) electrons. The van der Waals surface area contributed by atoms with Gasteiger partial charge in [0.05, 0.1) is 6.07 Å². The lowest BCUT2D eigenvalue weighted by molar-refractivity contribution is -0.199. The molecule has 2 saturated carbocycles. The van der Waals surface area contributed by atoms with E-state index >= 15 is 0 Å². The summed E-state index contributed by atoms with van der Waals surface area (Å²) in [4.78, 5) is 16.8. The van der Waals surface area contributed by atoms with Crippen molar-refractivity contribution in [2.45, 2.75) is 95.5 Å². The molecule has 202 valence electrons. The minimum atomic E-state index is -0.689. The molecule has 1 aromatic heterocycles. The monoisotopic (exact) mass is 580 g/mol. The van der Waals surface area contributed by atoms with Gasteiger partial charge in [-0.15, -0.1) is 0 Å². The number of rotatable bonds is 3. The third kappa shape index (κ3) is 3.86. The minimum Gasteiger partial charge on any atom is -0.396 e. The van der Waals surface area contributed by atoms with Gasteiger partial charge >= 0.3 is 0 Å². The van der Waals surface area contributed by atoms with Crippen molar-refractivity contribution in [1.29, 1.82) is 5.26 Å². The number of ether oxygens (including phenoxy) is 2. The van der Waals surface area contributed by atoms with Crippen LogP contribution in [0.1, 0.15) is 82.9 Å². The van der Waals surface area contributed by atoms with E-state index in [4.69, 9.17) is 19.8 Å². The Morgan fingerprint density at radius 1 is 1.21 bits per heavy atom. The Balaban J connectivity index is 0.000000337. The van der Waals surface area contributed by atoms with Crippen LogP contribution in [0.5, 0.6) is 0 Å². The van der Waals surface area contributed by atoms with Crippen LogP contribution in [-0.2, 0) is 20.7 Å². The van der Waals surface area contributed by atoms with E-state index in [1.165, 1.54) is 28.6 Å². The molecule has 1 aromatic carbocycles. The smallest absolute Gasteiger partial charge is 0.193 e. The number of halogens is 1. The standard InChI is InChI=1S/C26H28BrNO3.C5H9NO/c1-24(2)23-20(29)12-18-17-6-4-13-10-16-15-11-14(27)5-7-19(15)28-22(16)21(13)25(17,3)8-9-26(18,30-23)31-24;6-4-2-1-3-5-7/h5,7,11-13,17,21,23,28H,4,6,8-10H2,1-3H3;7H,1-3,5H2. The fourth-order valence-electron chi connectivity index (χ4n) is 8.32. The molecule has 3 heterocycles.